The lowest BCUT2D eigenvalue weighted by atomic mass is 9.90. The van der Waals surface area contributed by atoms with Crippen LogP contribution in [0.2, 0.25) is 0 Å². The molecule has 4 aromatic rings. The highest BCUT2D eigenvalue weighted by molar-refractivity contribution is 7.57. The van der Waals surface area contributed by atoms with Crippen molar-refractivity contribution in [2.75, 3.05) is 19.7 Å². The Morgan fingerprint density at radius 3 is 2.44 bits per heavy atom. The predicted octanol–water partition coefficient (Wildman–Crippen LogP) is 7.87. The summed E-state index contributed by atoms with van der Waals surface area (Å²) >= 11 is 1.18. The van der Waals surface area contributed by atoms with Gasteiger partial charge in [-0.15, -0.1) is 11.3 Å². The van der Waals surface area contributed by atoms with Crippen molar-refractivity contribution in [2.45, 2.75) is 94.8 Å². The van der Waals surface area contributed by atoms with Gasteiger partial charge in [-0.25, -0.2) is 9.48 Å². The first kappa shape index (κ1) is 42.0. The fraction of sp³-hybridized carbons (Fsp3) is 0.432. The molecule has 0 aliphatic carbocycles. The predicted molar refractivity (Wildman–Crippen MR) is 222 cm³/mol. The van der Waals surface area contributed by atoms with E-state index in [4.69, 9.17) is 9.26 Å². The first-order valence-corrected chi connectivity index (χ1v) is 22.8. The fourth-order valence-corrected chi connectivity index (χ4v) is 11.3. The number of rotatable bonds is 13. The minimum Gasteiger partial charge on any atom is -0.465 e. The van der Waals surface area contributed by atoms with Gasteiger partial charge in [0.1, 0.15) is 23.9 Å². The molecule has 0 saturated carbocycles. The number of amides is 3. The molecular weight excluding hydrogens is 793 g/mol. The number of nitrogens with one attached hydrogen (secondary N) is 2. The maximum absolute atomic E-state index is 16.5. The van der Waals surface area contributed by atoms with Crippen molar-refractivity contribution in [2.24, 2.45) is 5.92 Å². The van der Waals surface area contributed by atoms with Crippen LogP contribution in [0.15, 0.2) is 84.9 Å². The molecular formula is C44H49FN5O7PS. The van der Waals surface area contributed by atoms with Crippen molar-refractivity contribution in [3.8, 4) is 11.8 Å². The van der Waals surface area contributed by atoms with E-state index in [-0.39, 0.29) is 47.6 Å². The molecule has 12 nitrogen and oxygen atoms in total. The molecule has 8 atom stereocenters. The van der Waals surface area contributed by atoms with Gasteiger partial charge in [0.15, 0.2) is 0 Å². The van der Waals surface area contributed by atoms with E-state index in [2.05, 4.69) is 16.5 Å². The van der Waals surface area contributed by atoms with E-state index in [0.717, 1.165) is 24.8 Å². The third-order valence-electron chi connectivity index (χ3n) is 11.4. The molecule has 3 unspecified atom stereocenters. The summed E-state index contributed by atoms with van der Waals surface area (Å²) in [5.74, 6) is -4.11. The number of carbonyl (C=O) groups is 4. The van der Waals surface area contributed by atoms with Crippen molar-refractivity contribution in [1.29, 1.82) is 5.26 Å². The molecule has 4 heterocycles. The highest BCUT2D eigenvalue weighted by Gasteiger charge is 2.47. The second-order valence-corrected chi connectivity index (χ2v) is 18.7. The number of nitriles is 1. The summed E-state index contributed by atoms with van der Waals surface area (Å²) < 4.78 is 42.4. The number of benzene rings is 3. The van der Waals surface area contributed by atoms with Gasteiger partial charge in [0.05, 0.1) is 23.5 Å². The third kappa shape index (κ3) is 9.23. The van der Waals surface area contributed by atoms with Crippen LogP contribution < -0.4 is 14.9 Å². The zero-order valence-corrected chi connectivity index (χ0v) is 34.8. The summed E-state index contributed by atoms with van der Waals surface area (Å²) in [6, 6.07) is 23.7. The Bertz CT molecular complexity index is 2250. The summed E-state index contributed by atoms with van der Waals surface area (Å²) in [6.45, 7) is 4.13. The molecule has 3 saturated heterocycles. The van der Waals surface area contributed by atoms with Gasteiger partial charge in [0.2, 0.25) is 17.7 Å². The van der Waals surface area contributed by atoms with Crippen LogP contribution in [0, 0.1) is 17.2 Å². The van der Waals surface area contributed by atoms with Crippen LogP contribution in [0.25, 0.3) is 10.1 Å². The number of fused-ring (bicyclic) bond motifs is 2. The maximum atomic E-state index is 16.5. The molecule has 2 N–H and O–H groups in total. The first-order chi connectivity index (χ1) is 28.5. The normalized spacial score (nSPS) is 23.9. The molecule has 0 spiro atoms. The quantitative estimate of drug-likeness (QED) is 0.101. The third-order valence-corrected chi connectivity index (χ3v) is 14.7. The summed E-state index contributed by atoms with van der Waals surface area (Å²) in [5, 5.41) is 16.0. The van der Waals surface area contributed by atoms with Crippen molar-refractivity contribution < 1.29 is 37.4 Å². The van der Waals surface area contributed by atoms with Gasteiger partial charge in [-0.2, -0.15) is 5.26 Å². The van der Waals surface area contributed by atoms with E-state index < -0.39 is 43.4 Å². The van der Waals surface area contributed by atoms with Crippen LogP contribution in [-0.4, -0.2) is 77.4 Å². The molecule has 3 fully saturated rings. The molecule has 0 radical (unpaired) electrons. The van der Waals surface area contributed by atoms with Gasteiger partial charge in [-0.05, 0) is 85.9 Å². The zero-order valence-electron chi connectivity index (χ0n) is 33.1. The summed E-state index contributed by atoms with van der Waals surface area (Å²) in [7, 11) is -4.45. The molecule has 3 amide bonds. The molecule has 3 aromatic carbocycles. The Labute approximate surface area is 347 Å². The van der Waals surface area contributed by atoms with Gasteiger partial charge in [0.25, 0.3) is 5.91 Å². The van der Waals surface area contributed by atoms with E-state index in [0.29, 0.717) is 53.7 Å². The summed E-state index contributed by atoms with van der Waals surface area (Å²) in [6.07, 6.45) is 4.57. The van der Waals surface area contributed by atoms with E-state index in [1.807, 2.05) is 37.3 Å². The smallest absolute Gasteiger partial charge is 0.355 e. The molecule has 0 bridgehead atoms. The second-order valence-electron chi connectivity index (χ2n) is 15.6. The van der Waals surface area contributed by atoms with E-state index >= 15 is 4.39 Å². The Balaban J connectivity index is 1.07. The molecule has 1 aromatic heterocycles. The van der Waals surface area contributed by atoms with Crippen LogP contribution in [0.5, 0.6) is 5.75 Å². The average molecular weight is 842 g/mol. The van der Waals surface area contributed by atoms with Crippen molar-refractivity contribution >= 4 is 52.6 Å². The lowest BCUT2D eigenvalue weighted by Gasteiger charge is -2.36. The first-order valence-electron chi connectivity index (χ1n) is 20.3. The SMILES string of the molecule is CCCOC(=O)[C@H](C)NP(=O)(Oc1ccccc1)C(F)c1ccc2sc(C(=O)NC3CCCC[C@H]4CC[C@@H](C(=O)N5C[C@H](c6ccccc6)[C@@H](C#N)C5)N4C3=O)cc2c1. The van der Waals surface area contributed by atoms with Gasteiger partial charge in [-0.1, -0.05) is 74.4 Å². The standard InChI is InChI=1S/C44H49FN5O7PS/c1-3-22-56-44(54)28(2)48-58(55,57-34-15-8-5-9-16-34)40(45)30-18-21-38-31(23-30)24-39(59-38)41(51)47-36-17-11-10-14-33-19-20-37(50(33)42(36)52)43(53)49-26-32(25-46)35(27-49)29-12-6-4-7-13-29/h4-9,12-13,15-16,18,21,23-24,28,32-33,35-37,40H,3,10-11,14,17,19-20,22,26-27H2,1-2H3,(H,47,51)(H,48,55)/t28-,32-,33-,35+,36?,37-,40?,58?/m0/s1. The van der Waals surface area contributed by atoms with Gasteiger partial charge >= 0.3 is 13.5 Å². The monoisotopic (exact) mass is 841 g/mol. The number of nitrogens with zero attached hydrogens (tertiary/aromatic N) is 3. The number of hydrogen-bond acceptors (Lipinski definition) is 9. The number of likely N-dealkylation sites (tertiary alicyclic amines) is 1. The van der Waals surface area contributed by atoms with Crippen LogP contribution in [0.1, 0.15) is 91.4 Å². The van der Waals surface area contributed by atoms with Gasteiger partial charge < -0.3 is 24.4 Å². The Morgan fingerprint density at radius 1 is 0.983 bits per heavy atom. The molecule has 3 aliphatic rings. The molecule has 15 heteroatoms. The van der Waals surface area contributed by atoms with Crippen molar-refractivity contribution in [3.05, 3.63) is 101 Å². The molecule has 310 valence electrons. The molecule has 3 aliphatic heterocycles. The Hall–Kier alpha value is -5.09. The number of carbonyl (C=O) groups excluding carboxylic acids is 4. The largest absolute Gasteiger partial charge is 0.465 e. The van der Waals surface area contributed by atoms with E-state index in [1.165, 1.54) is 42.5 Å². The Kier molecular flexibility index (Phi) is 13.1. The van der Waals surface area contributed by atoms with Crippen LogP contribution in [-0.2, 0) is 23.7 Å². The average Bonchev–Trinajstić information content (AvgIpc) is 4.00. The number of esters is 1. The van der Waals surface area contributed by atoms with Gasteiger partial charge in [-0.3, -0.25) is 23.7 Å². The van der Waals surface area contributed by atoms with E-state index in [9.17, 15) is 29.0 Å². The number of thiophene rings is 1. The van der Waals surface area contributed by atoms with Crippen LogP contribution in [0.4, 0.5) is 4.39 Å². The van der Waals surface area contributed by atoms with E-state index in [1.54, 1.807) is 40.1 Å². The van der Waals surface area contributed by atoms with Crippen LogP contribution in [0.3, 0.4) is 0 Å². The van der Waals surface area contributed by atoms with Crippen molar-refractivity contribution in [1.82, 2.24) is 20.2 Å². The molecule has 7 rings (SSSR count). The summed E-state index contributed by atoms with van der Waals surface area (Å²) in [5.41, 5.74) is 1.03. The highest BCUT2D eigenvalue weighted by atomic mass is 32.1. The minimum absolute atomic E-state index is 0.0170. The topological polar surface area (TPSA) is 158 Å². The number of hydrogen-bond donors (Lipinski definition) is 2. The fourth-order valence-electron chi connectivity index (χ4n) is 8.45. The number of alkyl halides is 1. The number of para-hydroxylation sites is 1. The highest BCUT2D eigenvalue weighted by Crippen LogP contribution is 2.58. The zero-order chi connectivity index (χ0) is 41.7. The lowest BCUT2D eigenvalue weighted by molar-refractivity contribution is -0.146. The summed E-state index contributed by atoms with van der Waals surface area (Å²) in [4.78, 5) is 58.7. The van der Waals surface area contributed by atoms with Gasteiger partial charge in [0, 0.05) is 29.7 Å². The van der Waals surface area contributed by atoms with Crippen molar-refractivity contribution in [3.63, 3.8) is 0 Å². The number of halogens is 1. The molecule has 59 heavy (non-hydrogen) atoms. The lowest BCUT2D eigenvalue weighted by Crippen LogP contribution is -2.56. The van der Waals surface area contributed by atoms with Crippen LogP contribution >= 0.6 is 18.9 Å². The maximum Gasteiger partial charge on any atom is 0.355 e. The Morgan fingerprint density at radius 2 is 1.71 bits per heavy atom. The second kappa shape index (κ2) is 18.4. The number of ether oxygens (including phenoxy) is 1. The minimum atomic E-state index is -4.45.